The highest BCUT2D eigenvalue weighted by Crippen LogP contribution is 2.29. The van der Waals surface area contributed by atoms with Crippen molar-refractivity contribution in [2.24, 2.45) is 0 Å². The molecule has 0 spiro atoms. The lowest BCUT2D eigenvalue weighted by Gasteiger charge is -2.14. The Morgan fingerprint density at radius 2 is 2.11 bits per heavy atom. The second kappa shape index (κ2) is 7.34. The summed E-state index contributed by atoms with van der Waals surface area (Å²) in [6.07, 6.45) is 0.831. The molecule has 0 heterocycles. The third-order valence-electron chi connectivity index (χ3n) is 2.31. The molecule has 6 heteroatoms. The van der Waals surface area contributed by atoms with Crippen molar-refractivity contribution in [2.75, 3.05) is 6.61 Å². The minimum absolute atomic E-state index is 0.284. The van der Waals surface area contributed by atoms with Crippen LogP contribution in [0.25, 0.3) is 0 Å². The van der Waals surface area contributed by atoms with Gasteiger partial charge in [-0.3, -0.25) is 0 Å². The lowest BCUT2D eigenvalue weighted by atomic mass is 10.2. The molecule has 0 fully saturated rings. The van der Waals surface area contributed by atoms with Crippen LogP contribution in [0.5, 0.6) is 0 Å². The fourth-order valence-electron chi connectivity index (χ4n) is 1.30. The summed E-state index contributed by atoms with van der Waals surface area (Å²) in [6.45, 7) is 0.836. The number of benzene rings is 1. The van der Waals surface area contributed by atoms with E-state index >= 15 is 0 Å². The third-order valence-corrected chi connectivity index (χ3v) is 3.76. The van der Waals surface area contributed by atoms with E-state index in [1.807, 2.05) is 18.2 Å². The van der Waals surface area contributed by atoms with E-state index in [-0.39, 0.29) is 6.42 Å². The maximum absolute atomic E-state index is 10.7. The molecule has 1 aromatic rings. The van der Waals surface area contributed by atoms with Crippen LogP contribution in [-0.2, 0) is 16.1 Å². The molecule has 1 unspecified atom stereocenters. The van der Waals surface area contributed by atoms with E-state index in [9.17, 15) is 4.79 Å². The van der Waals surface area contributed by atoms with Crippen molar-refractivity contribution in [1.82, 2.24) is 0 Å². The van der Waals surface area contributed by atoms with E-state index in [0.717, 1.165) is 5.56 Å². The van der Waals surface area contributed by atoms with Gasteiger partial charge < -0.3 is 9.84 Å². The molecule has 0 radical (unpaired) electrons. The van der Waals surface area contributed by atoms with Crippen molar-refractivity contribution < 1.29 is 14.6 Å². The SMILES string of the molecule is O=C(O)C(Cl)(Br)CCCOCc1ccccc1Cl. The van der Waals surface area contributed by atoms with Gasteiger partial charge in [-0.05, 0) is 24.5 Å². The van der Waals surface area contributed by atoms with Crippen LogP contribution >= 0.6 is 39.1 Å². The summed E-state index contributed by atoms with van der Waals surface area (Å²) in [4.78, 5) is 10.7. The number of rotatable bonds is 7. The average Bonchev–Trinajstić information content (AvgIpc) is 2.30. The van der Waals surface area contributed by atoms with Crippen molar-refractivity contribution in [2.45, 2.75) is 23.2 Å². The van der Waals surface area contributed by atoms with Gasteiger partial charge in [0.25, 0.3) is 0 Å². The molecule has 0 aromatic heterocycles. The van der Waals surface area contributed by atoms with Crippen LogP contribution in [0.3, 0.4) is 0 Å². The van der Waals surface area contributed by atoms with Crippen molar-refractivity contribution in [1.29, 1.82) is 0 Å². The lowest BCUT2D eigenvalue weighted by molar-refractivity contribution is -0.137. The van der Waals surface area contributed by atoms with Crippen LogP contribution in [-0.4, -0.2) is 21.5 Å². The van der Waals surface area contributed by atoms with Crippen LogP contribution in [0.4, 0.5) is 0 Å². The first-order valence-electron chi connectivity index (χ1n) is 5.36. The molecule has 18 heavy (non-hydrogen) atoms. The van der Waals surface area contributed by atoms with E-state index < -0.39 is 9.75 Å². The zero-order valence-corrected chi connectivity index (χ0v) is 12.6. The minimum atomic E-state index is -1.40. The first kappa shape index (κ1) is 15.8. The van der Waals surface area contributed by atoms with Gasteiger partial charge in [-0.25, -0.2) is 4.79 Å². The average molecular weight is 356 g/mol. The van der Waals surface area contributed by atoms with Gasteiger partial charge in [0.2, 0.25) is 0 Å². The van der Waals surface area contributed by atoms with Crippen molar-refractivity contribution in [3.8, 4) is 0 Å². The van der Waals surface area contributed by atoms with Gasteiger partial charge in [-0.1, -0.05) is 57.3 Å². The summed E-state index contributed by atoms with van der Waals surface area (Å²) in [5.74, 6) is -1.09. The maximum Gasteiger partial charge on any atom is 0.335 e. The first-order valence-corrected chi connectivity index (χ1v) is 6.91. The summed E-state index contributed by atoms with van der Waals surface area (Å²) in [6, 6.07) is 7.42. The van der Waals surface area contributed by atoms with Gasteiger partial charge in [0.1, 0.15) is 0 Å². The zero-order chi connectivity index (χ0) is 13.6. The van der Waals surface area contributed by atoms with Crippen LogP contribution in [0.2, 0.25) is 5.02 Å². The van der Waals surface area contributed by atoms with Gasteiger partial charge in [0, 0.05) is 11.6 Å². The van der Waals surface area contributed by atoms with Gasteiger partial charge in [0.05, 0.1) is 6.61 Å². The Bertz CT molecular complexity index is 410. The number of carboxylic acids is 1. The molecule has 1 N–H and O–H groups in total. The van der Waals surface area contributed by atoms with Gasteiger partial charge >= 0.3 is 5.97 Å². The molecular weight excluding hydrogens is 343 g/mol. The monoisotopic (exact) mass is 354 g/mol. The fourth-order valence-corrected chi connectivity index (χ4v) is 1.91. The number of aliphatic carboxylic acids is 1. The molecule has 3 nitrogen and oxygen atoms in total. The highest BCUT2D eigenvalue weighted by atomic mass is 79.9. The van der Waals surface area contributed by atoms with E-state index in [1.54, 1.807) is 6.07 Å². The van der Waals surface area contributed by atoms with Gasteiger partial charge in [0.15, 0.2) is 3.78 Å². The molecule has 0 saturated heterocycles. The van der Waals surface area contributed by atoms with Gasteiger partial charge in [-0.2, -0.15) is 0 Å². The topological polar surface area (TPSA) is 46.5 Å². The molecule has 0 aliphatic heterocycles. The summed E-state index contributed by atoms with van der Waals surface area (Å²) >= 11 is 14.6. The number of carbonyl (C=O) groups is 1. The van der Waals surface area contributed by atoms with E-state index in [1.165, 1.54) is 0 Å². The summed E-state index contributed by atoms with van der Waals surface area (Å²) < 4.78 is 4.02. The molecule has 100 valence electrons. The number of hydrogen-bond donors (Lipinski definition) is 1. The molecule has 0 aliphatic carbocycles. The standard InChI is InChI=1S/C12H13BrCl2O3/c13-12(15,11(16)17)6-3-7-18-8-9-4-1-2-5-10(9)14/h1-2,4-5H,3,6-8H2,(H,16,17). The second-order valence-electron chi connectivity index (χ2n) is 3.76. The van der Waals surface area contributed by atoms with Crippen LogP contribution < -0.4 is 0 Å². The fraction of sp³-hybridized carbons (Fsp3) is 0.417. The Morgan fingerprint density at radius 3 is 2.72 bits per heavy atom. The van der Waals surface area contributed by atoms with Crippen molar-refractivity contribution in [3.63, 3.8) is 0 Å². The predicted octanol–water partition coefficient (Wildman–Crippen LogP) is 4.05. The first-order chi connectivity index (χ1) is 8.43. The van der Waals surface area contributed by atoms with Crippen LogP contribution in [0, 0.1) is 0 Å². The molecule has 0 bridgehead atoms. The highest BCUT2D eigenvalue weighted by Gasteiger charge is 2.31. The Morgan fingerprint density at radius 1 is 1.44 bits per heavy atom. The molecule has 0 amide bonds. The third kappa shape index (κ3) is 5.14. The molecule has 1 atom stereocenters. The summed E-state index contributed by atoms with van der Waals surface area (Å²) in [7, 11) is 0. The minimum Gasteiger partial charge on any atom is -0.479 e. The Balaban J connectivity index is 2.24. The van der Waals surface area contributed by atoms with E-state index in [4.69, 9.17) is 33.0 Å². The highest BCUT2D eigenvalue weighted by molar-refractivity contribution is 9.10. The van der Waals surface area contributed by atoms with Crippen molar-refractivity contribution >= 4 is 45.1 Å². The van der Waals surface area contributed by atoms with E-state index in [2.05, 4.69) is 15.9 Å². The number of hydrogen-bond acceptors (Lipinski definition) is 2. The molecule has 0 saturated carbocycles. The summed E-state index contributed by atoms with van der Waals surface area (Å²) in [5.41, 5.74) is 0.911. The van der Waals surface area contributed by atoms with Gasteiger partial charge in [-0.15, -0.1) is 0 Å². The normalized spacial score (nSPS) is 14.2. The van der Waals surface area contributed by atoms with Crippen LogP contribution in [0.1, 0.15) is 18.4 Å². The maximum atomic E-state index is 10.7. The molecule has 0 aliphatic rings. The number of alkyl halides is 2. The Hall–Kier alpha value is -0.290. The Kier molecular flexibility index (Phi) is 6.43. The van der Waals surface area contributed by atoms with E-state index in [0.29, 0.717) is 24.7 Å². The van der Waals surface area contributed by atoms with Crippen LogP contribution in [0.15, 0.2) is 24.3 Å². The predicted molar refractivity (Wildman–Crippen MR) is 75.5 cm³/mol. The largest absolute Gasteiger partial charge is 0.479 e. The Labute approximate surface area is 124 Å². The summed E-state index contributed by atoms with van der Waals surface area (Å²) in [5, 5.41) is 9.44. The van der Waals surface area contributed by atoms with Crippen molar-refractivity contribution in [3.05, 3.63) is 34.9 Å². The molecule has 1 rings (SSSR count). The number of carboxylic acid groups (broad SMARTS) is 1. The number of ether oxygens (including phenoxy) is 1. The molecular formula is C12H13BrCl2O3. The second-order valence-corrected chi connectivity index (χ2v) is 6.62. The quantitative estimate of drug-likeness (QED) is 0.592. The zero-order valence-electron chi connectivity index (χ0n) is 9.54. The number of halogens is 3. The smallest absolute Gasteiger partial charge is 0.335 e. The lowest BCUT2D eigenvalue weighted by Crippen LogP contribution is -2.25. The molecule has 1 aromatic carbocycles.